The Morgan fingerprint density at radius 1 is 1.39 bits per heavy atom. The first-order valence-electron chi connectivity index (χ1n) is 5.52. The summed E-state index contributed by atoms with van der Waals surface area (Å²) in [6, 6.07) is 7.72. The van der Waals surface area contributed by atoms with E-state index in [0.29, 0.717) is 17.9 Å². The van der Waals surface area contributed by atoms with Gasteiger partial charge in [0, 0.05) is 14.9 Å². The molecule has 0 unspecified atom stereocenters. The number of carbonyl (C=O) groups is 1. The highest BCUT2D eigenvalue weighted by atomic mass is 79.9. The van der Waals surface area contributed by atoms with E-state index in [2.05, 4.69) is 20.3 Å². The fourth-order valence-corrected chi connectivity index (χ4v) is 2.58. The quantitative estimate of drug-likeness (QED) is 0.799. The van der Waals surface area contributed by atoms with Crippen LogP contribution >= 0.6 is 27.5 Å². The first-order chi connectivity index (χ1) is 8.63. The molecule has 1 aromatic carbocycles. The third-order valence-corrected chi connectivity index (χ3v) is 3.74. The Bertz CT molecular complexity index is 563. The van der Waals surface area contributed by atoms with E-state index in [1.165, 1.54) is 11.5 Å². The van der Waals surface area contributed by atoms with Crippen LogP contribution in [0.15, 0.2) is 28.7 Å². The summed E-state index contributed by atoms with van der Waals surface area (Å²) in [7, 11) is 0. The Kier molecular flexibility index (Phi) is 4.14. The van der Waals surface area contributed by atoms with Crippen LogP contribution in [0.2, 0.25) is 0 Å². The summed E-state index contributed by atoms with van der Waals surface area (Å²) in [5.41, 5.74) is 2.19. The lowest BCUT2D eigenvalue weighted by molar-refractivity contribution is 0.0527. The molecule has 1 aromatic heterocycles. The number of ether oxygens (including phenoxy) is 1. The van der Waals surface area contributed by atoms with Crippen molar-refractivity contribution in [1.82, 2.24) is 4.37 Å². The minimum atomic E-state index is -0.304. The second-order valence-corrected chi connectivity index (χ2v) is 5.58. The molecule has 18 heavy (non-hydrogen) atoms. The molecular formula is C13H12BrNO2S. The van der Waals surface area contributed by atoms with Gasteiger partial charge in [0.1, 0.15) is 5.56 Å². The molecule has 3 nitrogen and oxygen atoms in total. The zero-order chi connectivity index (χ0) is 13.1. The van der Waals surface area contributed by atoms with E-state index in [0.717, 1.165) is 14.9 Å². The van der Waals surface area contributed by atoms with Crippen molar-refractivity contribution in [1.29, 1.82) is 0 Å². The Labute approximate surface area is 118 Å². The van der Waals surface area contributed by atoms with Crippen LogP contribution in [0, 0.1) is 6.92 Å². The summed E-state index contributed by atoms with van der Waals surface area (Å²) < 4.78 is 10.4. The number of halogens is 1. The zero-order valence-electron chi connectivity index (χ0n) is 10.1. The SMILES string of the molecule is CCOC(=O)c1c(-c2ccc(Br)cc2)nsc1C. The maximum absolute atomic E-state index is 11.9. The van der Waals surface area contributed by atoms with Crippen molar-refractivity contribution < 1.29 is 9.53 Å². The Hall–Kier alpha value is -1.20. The van der Waals surface area contributed by atoms with Crippen molar-refractivity contribution >= 4 is 33.4 Å². The number of aromatic nitrogens is 1. The molecule has 94 valence electrons. The Morgan fingerprint density at radius 3 is 2.67 bits per heavy atom. The minimum absolute atomic E-state index is 0.304. The molecule has 0 fully saturated rings. The highest BCUT2D eigenvalue weighted by Gasteiger charge is 2.20. The Morgan fingerprint density at radius 2 is 2.06 bits per heavy atom. The third-order valence-electron chi connectivity index (χ3n) is 2.46. The highest BCUT2D eigenvalue weighted by Crippen LogP contribution is 2.29. The molecule has 2 rings (SSSR count). The van der Waals surface area contributed by atoms with Crippen LogP contribution < -0.4 is 0 Å². The fraction of sp³-hybridized carbons (Fsp3) is 0.231. The molecule has 0 saturated carbocycles. The van der Waals surface area contributed by atoms with Crippen molar-refractivity contribution in [3.05, 3.63) is 39.2 Å². The monoisotopic (exact) mass is 325 g/mol. The number of hydrogen-bond acceptors (Lipinski definition) is 4. The van der Waals surface area contributed by atoms with Gasteiger partial charge in [-0.15, -0.1) is 0 Å². The van der Waals surface area contributed by atoms with Gasteiger partial charge in [-0.05, 0) is 37.5 Å². The maximum Gasteiger partial charge on any atom is 0.341 e. The average molecular weight is 326 g/mol. The predicted octanol–water partition coefficient (Wildman–Crippen LogP) is 4.06. The van der Waals surface area contributed by atoms with Crippen LogP contribution in [-0.2, 0) is 4.74 Å². The van der Waals surface area contributed by atoms with E-state index in [4.69, 9.17) is 4.74 Å². The number of rotatable bonds is 3. The Balaban J connectivity index is 2.45. The summed E-state index contributed by atoms with van der Waals surface area (Å²) >= 11 is 4.71. The fourth-order valence-electron chi connectivity index (χ4n) is 1.62. The number of hydrogen-bond donors (Lipinski definition) is 0. The van der Waals surface area contributed by atoms with Crippen LogP contribution in [0.25, 0.3) is 11.3 Å². The van der Waals surface area contributed by atoms with Gasteiger partial charge in [0.05, 0.1) is 12.3 Å². The van der Waals surface area contributed by atoms with Gasteiger partial charge in [-0.25, -0.2) is 4.79 Å². The molecule has 0 spiro atoms. The van der Waals surface area contributed by atoms with Crippen LogP contribution in [-0.4, -0.2) is 16.9 Å². The molecule has 0 atom stereocenters. The minimum Gasteiger partial charge on any atom is -0.462 e. The number of esters is 1. The van der Waals surface area contributed by atoms with Crippen molar-refractivity contribution in [2.24, 2.45) is 0 Å². The second-order valence-electron chi connectivity index (χ2n) is 3.69. The summed E-state index contributed by atoms with van der Waals surface area (Å²) in [6.45, 7) is 4.05. The molecule has 1 heterocycles. The average Bonchev–Trinajstić information content (AvgIpc) is 2.72. The molecule has 0 aliphatic rings. The summed E-state index contributed by atoms with van der Waals surface area (Å²) in [6.07, 6.45) is 0. The van der Waals surface area contributed by atoms with Crippen LogP contribution in [0.4, 0.5) is 0 Å². The van der Waals surface area contributed by atoms with Gasteiger partial charge in [0.2, 0.25) is 0 Å². The lowest BCUT2D eigenvalue weighted by Crippen LogP contribution is -2.06. The topological polar surface area (TPSA) is 39.2 Å². The smallest absolute Gasteiger partial charge is 0.341 e. The number of benzene rings is 1. The van der Waals surface area contributed by atoms with Gasteiger partial charge in [-0.3, -0.25) is 0 Å². The van der Waals surface area contributed by atoms with Crippen LogP contribution in [0.5, 0.6) is 0 Å². The number of nitrogens with zero attached hydrogens (tertiary/aromatic N) is 1. The normalized spacial score (nSPS) is 10.4. The van der Waals surface area contributed by atoms with Gasteiger partial charge in [0.15, 0.2) is 0 Å². The lowest BCUT2D eigenvalue weighted by atomic mass is 10.1. The standard InChI is InChI=1S/C13H12BrNO2S/c1-3-17-13(16)11-8(2)18-15-12(11)9-4-6-10(14)7-5-9/h4-7H,3H2,1-2H3. The summed E-state index contributed by atoms with van der Waals surface area (Å²) in [5.74, 6) is -0.304. The van der Waals surface area contributed by atoms with Crippen molar-refractivity contribution in [3.8, 4) is 11.3 Å². The van der Waals surface area contributed by atoms with E-state index in [9.17, 15) is 4.79 Å². The van der Waals surface area contributed by atoms with Gasteiger partial charge in [-0.1, -0.05) is 28.1 Å². The van der Waals surface area contributed by atoms with Gasteiger partial charge in [-0.2, -0.15) is 4.37 Å². The second kappa shape index (κ2) is 5.63. The molecule has 5 heteroatoms. The van der Waals surface area contributed by atoms with Crippen molar-refractivity contribution in [3.63, 3.8) is 0 Å². The van der Waals surface area contributed by atoms with Crippen molar-refractivity contribution in [2.75, 3.05) is 6.61 Å². The van der Waals surface area contributed by atoms with E-state index >= 15 is 0 Å². The first kappa shape index (κ1) is 13.2. The molecule has 0 amide bonds. The molecular weight excluding hydrogens is 314 g/mol. The number of carbonyl (C=O) groups excluding carboxylic acids is 1. The highest BCUT2D eigenvalue weighted by molar-refractivity contribution is 9.10. The van der Waals surface area contributed by atoms with Crippen LogP contribution in [0.1, 0.15) is 22.2 Å². The molecule has 0 saturated heterocycles. The van der Waals surface area contributed by atoms with Crippen molar-refractivity contribution in [2.45, 2.75) is 13.8 Å². The molecule has 2 aromatic rings. The number of aryl methyl sites for hydroxylation is 1. The third kappa shape index (κ3) is 2.62. The van der Waals surface area contributed by atoms with Gasteiger partial charge in [0.25, 0.3) is 0 Å². The van der Waals surface area contributed by atoms with Gasteiger partial charge >= 0.3 is 5.97 Å². The zero-order valence-corrected chi connectivity index (χ0v) is 12.5. The molecule has 0 bridgehead atoms. The van der Waals surface area contributed by atoms with E-state index in [1.807, 2.05) is 31.2 Å². The largest absolute Gasteiger partial charge is 0.462 e. The molecule has 0 N–H and O–H groups in total. The molecule has 0 aliphatic heterocycles. The summed E-state index contributed by atoms with van der Waals surface area (Å²) in [5, 5.41) is 0. The van der Waals surface area contributed by atoms with Crippen LogP contribution in [0.3, 0.4) is 0 Å². The lowest BCUT2D eigenvalue weighted by Gasteiger charge is -2.04. The van der Waals surface area contributed by atoms with E-state index in [-0.39, 0.29) is 5.97 Å². The van der Waals surface area contributed by atoms with E-state index in [1.54, 1.807) is 6.92 Å². The predicted molar refractivity (Wildman–Crippen MR) is 75.9 cm³/mol. The van der Waals surface area contributed by atoms with Gasteiger partial charge < -0.3 is 4.74 Å². The first-order valence-corrected chi connectivity index (χ1v) is 7.09. The molecule has 0 aliphatic carbocycles. The van der Waals surface area contributed by atoms with E-state index < -0.39 is 0 Å². The molecule has 0 radical (unpaired) electrons. The summed E-state index contributed by atoms with van der Waals surface area (Å²) in [4.78, 5) is 12.8. The maximum atomic E-state index is 11.9.